The molecule has 94 valence electrons. The molecule has 2 nitrogen and oxygen atoms in total. The van der Waals surface area contributed by atoms with Gasteiger partial charge in [0, 0.05) is 11.6 Å². The summed E-state index contributed by atoms with van der Waals surface area (Å²) in [5, 5.41) is 0. The smallest absolute Gasteiger partial charge is 0.147 e. The minimum Gasteiger partial charge on any atom is -0.300 e. The van der Waals surface area contributed by atoms with Gasteiger partial charge in [0.1, 0.15) is 5.82 Å². The van der Waals surface area contributed by atoms with Gasteiger partial charge in [-0.05, 0) is 43.4 Å². The van der Waals surface area contributed by atoms with Crippen LogP contribution in [-0.4, -0.2) is 9.55 Å². The van der Waals surface area contributed by atoms with Gasteiger partial charge in [0.2, 0.25) is 0 Å². The zero-order valence-electron chi connectivity index (χ0n) is 10.00. The number of aryl methyl sites for hydroxylation is 1. The maximum Gasteiger partial charge on any atom is 0.147 e. The Kier molecular flexibility index (Phi) is 3.08. The van der Waals surface area contributed by atoms with Crippen LogP contribution in [0.15, 0.2) is 24.5 Å². The molecule has 1 heterocycles. The molecular formula is C14H14ClFN2. The minimum absolute atomic E-state index is 0.237. The van der Waals surface area contributed by atoms with Crippen LogP contribution < -0.4 is 0 Å². The standard InChI is InChI=1S/C14H14ClFN2/c15-8-10-5-6-13(11(16)7-10)18-9-17-12-3-1-2-4-14(12)18/h5-7,9H,1-4,8H2. The summed E-state index contributed by atoms with van der Waals surface area (Å²) in [6.45, 7) is 0. The molecule has 2 aromatic rings. The lowest BCUT2D eigenvalue weighted by Crippen LogP contribution is -2.08. The Hall–Kier alpha value is -1.35. The predicted molar refractivity (Wildman–Crippen MR) is 69.7 cm³/mol. The third-order valence-electron chi connectivity index (χ3n) is 3.46. The fourth-order valence-electron chi connectivity index (χ4n) is 2.51. The molecule has 0 unspecified atom stereocenters. The number of fused-ring (bicyclic) bond motifs is 1. The largest absolute Gasteiger partial charge is 0.300 e. The molecule has 0 saturated carbocycles. The van der Waals surface area contributed by atoms with Gasteiger partial charge in [-0.25, -0.2) is 9.37 Å². The van der Waals surface area contributed by atoms with E-state index in [4.69, 9.17) is 11.6 Å². The summed E-state index contributed by atoms with van der Waals surface area (Å²) in [4.78, 5) is 4.39. The number of halogens is 2. The molecule has 1 aliphatic carbocycles. The van der Waals surface area contributed by atoms with E-state index in [1.807, 2.05) is 10.6 Å². The zero-order valence-corrected chi connectivity index (χ0v) is 10.8. The number of imidazole rings is 1. The number of hydrogen-bond acceptors (Lipinski definition) is 1. The monoisotopic (exact) mass is 264 g/mol. The van der Waals surface area contributed by atoms with Crippen molar-refractivity contribution in [1.29, 1.82) is 0 Å². The first-order valence-electron chi connectivity index (χ1n) is 6.19. The second kappa shape index (κ2) is 4.73. The number of hydrogen-bond donors (Lipinski definition) is 0. The molecule has 0 spiro atoms. The van der Waals surface area contributed by atoms with Crippen LogP contribution in [0.4, 0.5) is 4.39 Å². The van der Waals surface area contributed by atoms with E-state index in [9.17, 15) is 4.39 Å². The Balaban J connectivity index is 2.07. The first kappa shape index (κ1) is 11.7. The van der Waals surface area contributed by atoms with E-state index in [2.05, 4.69) is 4.98 Å². The summed E-state index contributed by atoms with van der Waals surface area (Å²) >= 11 is 5.71. The highest BCUT2D eigenvalue weighted by Gasteiger charge is 2.17. The highest BCUT2D eigenvalue weighted by atomic mass is 35.5. The number of alkyl halides is 1. The average molecular weight is 265 g/mol. The summed E-state index contributed by atoms with van der Waals surface area (Å²) in [5.41, 5.74) is 3.63. The number of aromatic nitrogens is 2. The van der Waals surface area contributed by atoms with Gasteiger partial charge in [-0.1, -0.05) is 6.07 Å². The molecule has 1 aromatic carbocycles. The van der Waals surface area contributed by atoms with Crippen molar-refractivity contribution in [2.45, 2.75) is 31.6 Å². The molecule has 0 N–H and O–H groups in total. The SMILES string of the molecule is Fc1cc(CCl)ccc1-n1cnc2c1CCCC2. The van der Waals surface area contributed by atoms with E-state index in [0.29, 0.717) is 11.6 Å². The van der Waals surface area contributed by atoms with Crippen molar-refractivity contribution in [2.24, 2.45) is 0 Å². The topological polar surface area (TPSA) is 17.8 Å². The highest BCUT2D eigenvalue weighted by Crippen LogP contribution is 2.25. The number of benzene rings is 1. The third kappa shape index (κ3) is 1.93. The number of nitrogens with zero attached hydrogens (tertiary/aromatic N) is 2. The molecule has 0 saturated heterocycles. The van der Waals surface area contributed by atoms with E-state index >= 15 is 0 Å². The average Bonchev–Trinajstić information content (AvgIpc) is 2.82. The van der Waals surface area contributed by atoms with Crippen molar-refractivity contribution in [3.63, 3.8) is 0 Å². The molecule has 4 heteroatoms. The van der Waals surface area contributed by atoms with Crippen LogP contribution in [0.25, 0.3) is 5.69 Å². The Bertz CT molecular complexity index is 577. The number of rotatable bonds is 2. The van der Waals surface area contributed by atoms with Crippen LogP contribution in [-0.2, 0) is 18.7 Å². The van der Waals surface area contributed by atoms with Crippen LogP contribution in [0.1, 0.15) is 29.8 Å². The maximum absolute atomic E-state index is 14.1. The van der Waals surface area contributed by atoms with Gasteiger partial charge >= 0.3 is 0 Å². The van der Waals surface area contributed by atoms with Crippen molar-refractivity contribution >= 4 is 11.6 Å². The molecule has 0 aliphatic heterocycles. The van der Waals surface area contributed by atoms with E-state index in [0.717, 1.165) is 36.2 Å². The summed E-state index contributed by atoms with van der Waals surface area (Å²) in [7, 11) is 0. The van der Waals surface area contributed by atoms with Crippen LogP contribution in [0.5, 0.6) is 0 Å². The van der Waals surface area contributed by atoms with Gasteiger partial charge < -0.3 is 4.57 Å². The summed E-state index contributed by atoms with van der Waals surface area (Å²) < 4.78 is 15.9. The Morgan fingerprint density at radius 1 is 1.28 bits per heavy atom. The lowest BCUT2D eigenvalue weighted by Gasteiger charge is -2.14. The Morgan fingerprint density at radius 3 is 2.89 bits per heavy atom. The van der Waals surface area contributed by atoms with E-state index < -0.39 is 0 Å². The lowest BCUT2D eigenvalue weighted by atomic mass is 10.0. The van der Waals surface area contributed by atoms with Crippen molar-refractivity contribution in [1.82, 2.24) is 9.55 Å². The third-order valence-corrected chi connectivity index (χ3v) is 3.76. The molecule has 0 atom stereocenters. The van der Waals surface area contributed by atoms with Crippen LogP contribution in [0.3, 0.4) is 0 Å². The molecule has 18 heavy (non-hydrogen) atoms. The minimum atomic E-state index is -0.237. The van der Waals surface area contributed by atoms with Crippen LogP contribution >= 0.6 is 11.6 Å². The second-order valence-electron chi connectivity index (χ2n) is 4.63. The van der Waals surface area contributed by atoms with Gasteiger partial charge in [-0.15, -0.1) is 11.6 Å². The van der Waals surface area contributed by atoms with Gasteiger partial charge in [-0.3, -0.25) is 0 Å². The molecule has 3 rings (SSSR count). The van der Waals surface area contributed by atoms with Crippen molar-refractivity contribution in [3.8, 4) is 5.69 Å². The van der Waals surface area contributed by atoms with Crippen molar-refractivity contribution in [2.75, 3.05) is 0 Å². The first-order chi connectivity index (χ1) is 8.79. The van der Waals surface area contributed by atoms with E-state index in [1.165, 1.54) is 12.5 Å². The van der Waals surface area contributed by atoms with E-state index in [-0.39, 0.29) is 5.82 Å². The van der Waals surface area contributed by atoms with Gasteiger partial charge in [-0.2, -0.15) is 0 Å². The summed E-state index contributed by atoms with van der Waals surface area (Å²) in [6.07, 6.45) is 6.04. The Labute approximate surface area is 110 Å². The fourth-order valence-corrected chi connectivity index (χ4v) is 2.67. The van der Waals surface area contributed by atoms with Crippen molar-refractivity contribution < 1.29 is 4.39 Å². The maximum atomic E-state index is 14.1. The molecule has 0 bridgehead atoms. The van der Waals surface area contributed by atoms with Crippen LogP contribution in [0.2, 0.25) is 0 Å². The van der Waals surface area contributed by atoms with Crippen molar-refractivity contribution in [3.05, 3.63) is 47.3 Å². The molecule has 0 fully saturated rings. The summed E-state index contributed by atoms with van der Waals surface area (Å²) in [6, 6.07) is 5.14. The quantitative estimate of drug-likeness (QED) is 0.758. The zero-order chi connectivity index (χ0) is 12.5. The van der Waals surface area contributed by atoms with Gasteiger partial charge in [0.05, 0.1) is 17.7 Å². The molecule has 0 amide bonds. The molecule has 1 aromatic heterocycles. The predicted octanol–water partition coefficient (Wildman–Crippen LogP) is 3.63. The normalized spacial score (nSPS) is 14.6. The first-order valence-corrected chi connectivity index (χ1v) is 6.73. The van der Waals surface area contributed by atoms with E-state index in [1.54, 1.807) is 12.4 Å². The van der Waals surface area contributed by atoms with Gasteiger partial charge in [0.25, 0.3) is 0 Å². The highest BCUT2D eigenvalue weighted by molar-refractivity contribution is 6.17. The Morgan fingerprint density at radius 2 is 2.11 bits per heavy atom. The second-order valence-corrected chi connectivity index (χ2v) is 4.90. The molecule has 0 radical (unpaired) electrons. The molecule has 1 aliphatic rings. The lowest BCUT2D eigenvalue weighted by molar-refractivity contribution is 0.607. The summed E-state index contributed by atoms with van der Waals surface area (Å²) in [5.74, 6) is 0.0955. The fraction of sp³-hybridized carbons (Fsp3) is 0.357. The van der Waals surface area contributed by atoms with Gasteiger partial charge in [0.15, 0.2) is 0 Å². The van der Waals surface area contributed by atoms with Crippen LogP contribution in [0, 0.1) is 5.82 Å². The molecular weight excluding hydrogens is 251 g/mol.